The lowest BCUT2D eigenvalue weighted by Crippen LogP contribution is -2.19. The normalized spacial score (nSPS) is 22.1. The van der Waals surface area contributed by atoms with E-state index in [2.05, 4.69) is 10.3 Å². The van der Waals surface area contributed by atoms with E-state index in [1.165, 1.54) is 12.3 Å². The summed E-state index contributed by atoms with van der Waals surface area (Å²) in [5.74, 6) is -2.35. The summed E-state index contributed by atoms with van der Waals surface area (Å²) in [6.07, 6.45) is 1.40. The minimum Gasteiger partial charge on any atom is -0.384 e. The minimum absolute atomic E-state index is 0.118. The van der Waals surface area contributed by atoms with Crippen molar-refractivity contribution in [2.75, 3.05) is 11.1 Å². The Morgan fingerprint density at radius 2 is 2.35 bits per heavy atom. The summed E-state index contributed by atoms with van der Waals surface area (Å²) in [5, 5.41) is 11.8. The zero-order valence-corrected chi connectivity index (χ0v) is 9.08. The predicted molar refractivity (Wildman–Crippen MR) is 59.6 cm³/mol. The first-order valence-electron chi connectivity index (χ1n) is 5.30. The molecule has 1 unspecified atom stereocenters. The number of nitrogen functional groups attached to an aromatic ring is 1. The SMILES string of the molecule is N#Cc1cnc(N)cc1NC1CCC(F)(F)C1. The second-order valence-corrected chi connectivity index (χ2v) is 4.21. The van der Waals surface area contributed by atoms with E-state index in [1.807, 2.05) is 6.07 Å². The average Bonchev–Trinajstić information content (AvgIpc) is 2.58. The van der Waals surface area contributed by atoms with Crippen LogP contribution in [0.4, 0.5) is 20.3 Å². The molecule has 1 heterocycles. The van der Waals surface area contributed by atoms with Gasteiger partial charge in [0.1, 0.15) is 11.9 Å². The number of rotatable bonds is 2. The van der Waals surface area contributed by atoms with Crippen LogP contribution in [-0.2, 0) is 0 Å². The van der Waals surface area contributed by atoms with Crippen molar-refractivity contribution in [3.63, 3.8) is 0 Å². The molecular formula is C11H12F2N4. The summed E-state index contributed by atoms with van der Waals surface area (Å²) < 4.78 is 26.0. The molecule has 0 bridgehead atoms. The summed E-state index contributed by atoms with van der Waals surface area (Å²) in [4.78, 5) is 3.78. The van der Waals surface area contributed by atoms with Crippen molar-refractivity contribution >= 4 is 11.5 Å². The Balaban J connectivity index is 2.14. The van der Waals surface area contributed by atoms with E-state index in [-0.39, 0.29) is 24.7 Å². The van der Waals surface area contributed by atoms with Crippen molar-refractivity contribution < 1.29 is 8.78 Å². The lowest BCUT2D eigenvalue weighted by atomic mass is 10.2. The second-order valence-electron chi connectivity index (χ2n) is 4.21. The van der Waals surface area contributed by atoms with Crippen LogP contribution in [0.15, 0.2) is 12.3 Å². The molecule has 90 valence electrons. The number of halogens is 2. The van der Waals surface area contributed by atoms with Crippen LogP contribution in [0.2, 0.25) is 0 Å². The molecule has 3 N–H and O–H groups in total. The largest absolute Gasteiger partial charge is 0.384 e. The van der Waals surface area contributed by atoms with Crippen LogP contribution in [-0.4, -0.2) is 16.9 Å². The number of nitrogens with one attached hydrogen (secondary N) is 1. The van der Waals surface area contributed by atoms with Crippen LogP contribution in [0, 0.1) is 11.3 Å². The predicted octanol–water partition coefficient (Wildman–Crippen LogP) is 2.14. The molecule has 0 aliphatic heterocycles. The highest BCUT2D eigenvalue weighted by molar-refractivity contribution is 5.61. The van der Waals surface area contributed by atoms with Crippen LogP contribution in [0.25, 0.3) is 0 Å². The summed E-state index contributed by atoms with van der Waals surface area (Å²) in [7, 11) is 0. The summed E-state index contributed by atoms with van der Waals surface area (Å²) >= 11 is 0. The molecule has 0 spiro atoms. The monoisotopic (exact) mass is 238 g/mol. The Morgan fingerprint density at radius 3 is 2.94 bits per heavy atom. The maximum atomic E-state index is 13.0. The fourth-order valence-corrected chi connectivity index (χ4v) is 1.97. The summed E-state index contributed by atoms with van der Waals surface area (Å²) in [6, 6.07) is 3.12. The number of hydrogen-bond acceptors (Lipinski definition) is 4. The number of alkyl halides is 2. The number of nitriles is 1. The average molecular weight is 238 g/mol. The topological polar surface area (TPSA) is 74.7 Å². The Bertz CT molecular complexity index is 467. The Morgan fingerprint density at radius 1 is 1.59 bits per heavy atom. The molecule has 1 atom stereocenters. The molecule has 1 aromatic rings. The van der Waals surface area contributed by atoms with Gasteiger partial charge in [-0.1, -0.05) is 0 Å². The molecule has 2 rings (SSSR count). The first kappa shape index (κ1) is 11.6. The number of pyridine rings is 1. The third-order valence-electron chi connectivity index (χ3n) is 2.81. The summed E-state index contributed by atoms with van der Waals surface area (Å²) in [5.41, 5.74) is 6.29. The van der Waals surface area contributed by atoms with Crippen molar-refractivity contribution in [2.24, 2.45) is 0 Å². The molecule has 0 saturated heterocycles. The number of hydrogen-bond donors (Lipinski definition) is 2. The van der Waals surface area contributed by atoms with Gasteiger partial charge < -0.3 is 11.1 Å². The third-order valence-corrected chi connectivity index (χ3v) is 2.81. The number of aromatic nitrogens is 1. The van der Waals surface area contributed by atoms with E-state index in [4.69, 9.17) is 11.0 Å². The zero-order chi connectivity index (χ0) is 12.5. The van der Waals surface area contributed by atoms with Gasteiger partial charge in [0.2, 0.25) is 5.92 Å². The van der Waals surface area contributed by atoms with E-state index in [9.17, 15) is 8.78 Å². The molecular weight excluding hydrogens is 226 g/mol. The lowest BCUT2D eigenvalue weighted by Gasteiger charge is -2.15. The fourth-order valence-electron chi connectivity index (χ4n) is 1.97. The highest BCUT2D eigenvalue weighted by Gasteiger charge is 2.39. The number of nitrogens with zero attached hydrogens (tertiary/aromatic N) is 2. The molecule has 0 radical (unpaired) electrons. The van der Waals surface area contributed by atoms with Gasteiger partial charge in [-0.3, -0.25) is 0 Å². The summed E-state index contributed by atoms with van der Waals surface area (Å²) in [6.45, 7) is 0. The van der Waals surface area contributed by atoms with E-state index in [0.717, 1.165) is 0 Å². The third kappa shape index (κ3) is 2.61. The van der Waals surface area contributed by atoms with Crippen molar-refractivity contribution in [1.82, 2.24) is 4.98 Å². The van der Waals surface area contributed by atoms with Gasteiger partial charge >= 0.3 is 0 Å². The molecule has 1 fully saturated rings. The Kier molecular flexibility index (Phi) is 2.84. The second kappa shape index (κ2) is 4.17. The smallest absolute Gasteiger partial charge is 0.250 e. The molecule has 1 aromatic heterocycles. The van der Waals surface area contributed by atoms with Crippen LogP contribution in [0.1, 0.15) is 24.8 Å². The van der Waals surface area contributed by atoms with Gasteiger partial charge in [-0.05, 0) is 6.42 Å². The van der Waals surface area contributed by atoms with Crippen molar-refractivity contribution in [2.45, 2.75) is 31.2 Å². The van der Waals surface area contributed by atoms with Gasteiger partial charge in [0.05, 0.1) is 11.3 Å². The maximum absolute atomic E-state index is 13.0. The Labute approximate surface area is 97.4 Å². The van der Waals surface area contributed by atoms with E-state index >= 15 is 0 Å². The molecule has 1 aliphatic rings. The van der Waals surface area contributed by atoms with Crippen LogP contribution in [0.5, 0.6) is 0 Å². The molecule has 1 saturated carbocycles. The van der Waals surface area contributed by atoms with Gasteiger partial charge in [0.15, 0.2) is 0 Å². The highest BCUT2D eigenvalue weighted by atomic mass is 19.3. The van der Waals surface area contributed by atoms with Crippen LogP contribution >= 0.6 is 0 Å². The Hall–Kier alpha value is -1.90. The fraction of sp³-hybridized carbons (Fsp3) is 0.455. The van der Waals surface area contributed by atoms with E-state index < -0.39 is 5.92 Å². The lowest BCUT2D eigenvalue weighted by molar-refractivity contribution is 0.00852. The molecule has 6 heteroatoms. The first-order valence-corrected chi connectivity index (χ1v) is 5.30. The standard InChI is InChI=1S/C11H12F2N4/c12-11(13)2-1-8(4-11)17-9-3-10(15)16-6-7(9)5-14/h3,6,8H,1-2,4H2,(H3,15,16,17). The molecule has 0 aromatic carbocycles. The molecule has 17 heavy (non-hydrogen) atoms. The van der Waals surface area contributed by atoms with Gasteiger partial charge in [0.25, 0.3) is 0 Å². The van der Waals surface area contributed by atoms with Crippen LogP contribution in [0.3, 0.4) is 0 Å². The number of nitrogens with two attached hydrogens (primary N) is 1. The van der Waals surface area contributed by atoms with Gasteiger partial charge in [-0.25, -0.2) is 13.8 Å². The molecule has 0 amide bonds. The number of anilines is 2. The molecule has 1 aliphatic carbocycles. The quantitative estimate of drug-likeness (QED) is 0.827. The van der Waals surface area contributed by atoms with E-state index in [1.54, 1.807) is 0 Å². The van der Waals surface area contributed by atoms with Crippen molar-refractivity contribution in [3.05, 3.63) is 17.8 Å². The van der Waals surface area contributed by atoms with E-state index in [0.29, 0.717) is 17.7 Å². The van der Waals surface area contributed by atoms with Gasteiger partial charge in [0, 0.05) is 31.1 Å². The molecule has 4 nitrogen and oxygen atoms in total. The van der Waals surface area contributed by atoms with Crippen molar-refractivity contribution in [1.29, 1.82) is 5.26 Å². The van der Waals surface area contributed by atoms with Crippen LogP contribution < -0.4 is 11.1 Å². The van der Waals surface area contributed by atoms with Gasteiger partial charge in [-0.15, -0.1) is 0 Å². The zero-order valence-electron chi connectivity index (χ0n) is 9.08. The minimum atomic E-state index is -2.61. The highest BCUT2D eigenvalue weighted by Crippen LogP contribution is 2.36. The first-order chi connectivity index (χ1) is 8.00. The van der Waals surface area contributed by atoms with Gasteiger partial charge in [-0.2, -0.15) is 5.26 Å². The van der Waals surface area contributed by atoms with Crippen molar-refractivity contribution in [3.8, 4) is 6.07 Å². The maximum Gasteiger partial charge on any atom is 0.250 e.